The van der Waals surface area contributed by atoms with Gasteiger partial charge in [-0.2, -0.15) is 0 Å². The van der Waals surface area contributed by atoms with Crippen LogP contribution in [0.15, 0.2) is 12.4 Å². The molecule has 1 unspecified atom stereocenters. The summed E-state index contributed by atoms with van der Waals surface area (Å²) in [6.45, 7) is 0.593. The summed E-state index contributed by atoms with van der Waals surface area (Å²) in [5, 5.41) is 5.06. The maximum atomic E-state index is 11.6. The fraction of sp³-hybridized carbons (Fsp3) is 0.400. The highest BCUT2D eigenvalue weighted by Crippen LogP contribution is 2.04. The van der Waals surface area contributed by atoms with Gasteiger partial charge in [-0.1, -0.05) is 0 Å². The lowest BCUT2D eigenvalue weighted by molar-refractivity contribution is 0.0905. The number of alkyl carbamates (subject to hydrolysis) is 1. The van der Waals surface area contributed by atoms with Crippen molar-refractivity contribution < 1.29 is 19.1 Å². The van der Waals surface area contributed by atoms with E-state index in [1.807, 2.05) is 0 Å². The largest absolute Gasteiger partial charge is 0.494 e. The van der Waals surface area contributed by atoms with Crippen LogP contribution in [0.25, 0.3) is 0 Å². The molecule has 0 aromatic carbocycles. The molecule has 2 heterocycles. The molecule has 0 spiro atoms. The standard InChI is InChI=1S/C10H12N4O4/c1-17-6-2-11-8(12-3-6)9(15)13-4-7-5-14-10(16)18-7/h2-3,7H,4-5H2,1H3,(H,13,15)(H,14,16). The molecule has 2 rings (SSSR count). The van der Waals surface area contributed by atoms with Crippen LogP contribution in [0.1, 0.15) is 10.6 Å². The normalized spacial score (nSPS) is 17.8. The summed E-state index contributed by atoms with van der Waals surface area (Å²) in [6, 6.07) is 0. The van der Waals surface area contributed by atoms with E-state index < -0.39 is 12.0 Å². The number of ether oxygens (including phenoxy) is 2. The average Bonchev–Trinajstić information content (AvgIpc) is 2.82. The third-order valence-electron chi connectivity index (χ3n) is 2.31. The Morgan fingerprint density at radius 2 is 2.33 bits per heavy atom. The number of nitrogens with one attached hydrogen (secondary N) is 2. The van der Waals surface area contributed by atoms with E-state index in [0.29, 0.717) is 12.3 Å². The van der Waals surface area contributed by atoms with Crippen molar-refractivity contribution in [2.45, 2.75) is 6.10 Å². The zero-order valence-electron chi connectivity index (χ0n) is 9.67. The molecule has 1 atom stereocenters. The molecule has 1 aromatic rings. The summed E-state index contributed by atoms with van der Waals surface area (Å²) in [5.41, 5.74) is 0. The van der Waals surface area contributed by atoms with Gasteiger partial charge in [0.15, 0.2) is 5.75 Å². The number of cyclic esters (lactones) is 1. The zero-order valence-corrected chi connectivity index (χ0v) is 9.67. The van der Waals surface area contributed by atoms with Gasteiger partial charge in [-0.05, 0) is 0 Å². The summed E-state index contributed by atoms with van der Waals surface area (Å²) < 4.78 is 9.74. The third kappa shape index (κ3) is 2.84. The van der Waals surface area contributed by atoms with Crippen LogP contribution in [-0.4, -0.2) is 48.3 Å². The second kappa shape index (κ2) is 5.30. The second-order valence-corrected chi connectivity index (χ2v) is 3.56. The number of hydrogen-bond acceptors (Lipinski definition) is 6. The fourth-order valence-corrected chi connectivity index (χ4v) is 1.37. The van der Waals surface area contributed by atoms with Gasteiger partial charge in [-0.25, -0.2) is 14.8 Å². The van der Waals surface area contributed by atoms with Gasteiger partial charge >= 0.3 is 6.09 Å². The van der Waals surface area contributed by atoms with Crippen LogP contribution in [0.5, 0.6) is 5.75 Å². The van der Waals surface area contributed by atoms with Crippen LogP contribution in [0.2, 0.25) is 0 Å². The van der Waals surface area contributed by atoms with Crippen molar-refractivity contribution in [2.24, 2.45) is 0 Å². The summed E-state index contributed by atoms with van der Waals surface area (Å²) in [7, 11) is 1.49. The molecule has 1 aromatic heterocycles. The van der Waals surface area contributed by atoms with E-state index in [2.05, 4.69) is 20.6 Å². The lowest BCUT2D eigenvalue weighted by atomic mass is 10.3. The molecule has 8 nitrogen and oxygen atoms in total. The molecular formula is C10H12N4O4. The minimum atomic E-state index is -0.477. The first-order chi connectivity index (χ1) is 8.69. The van der Waals surface area contributed by atoms with Crippen molar-refractivity contribution in [2.75, 3.05) is 20.2 Å². The molecule has 1 saturated heterocycles. The minimum absolute atomic E-state index is 0.0353. The van der Waals surface area contributed by atoms with Crippen molar-refractivity contribution in [3.63, 3.8) is 0 Å². The van der Waals surface area contributed by atoms with Gasteiger partial charge < -0.3 is 20.1 Å². The Morgan fingerprint density at radius 1 is 1.61 bits per heavy atom. The molecule has 1 aliphatic heterocycles. The van der Waals surface area contributed by atoms with E-state index in [4.69, 9.17) is 9.47 Å². The van der Waals surface area contributed by atoms with Gasteiger partial charge in [-0.15, -0.1) is 0 Å². The van der Waals surface area contributed by atoms with Crippen LogP contribution in [0.3, 0.4) is 0 Å². The fourth-order valence-electron chi connectivity index (χ4n) is 1.37. The van der Waals surface area contributed by atoms with Crippen LogP contribution in [0, 0.1) is 0 Å². The smallest absolute Gasteiger partial charge is 0.407 e. The maximum Gasteiger partial charge on any atom is 0.407 e. The number of aromatic nitrogens is 2. The van der Waals surface area contributed by atoms with Crippen LogP contribution in [0.4, 0.5) is 4.79 Å². The van der Waals surface area contributed by atoms with Crippen molar-refractivity contribution in [1.82, 2.24) is 20.6 Å². The summed E-state index contributed by atoms with van der Waals surface area (Å²) in [4.78, 5) is 30.1. The Kier molecular flexibility index (Phi) is 3.56. The first kappa shape index (κ1) is 12.1. The first-order valence-electron chi connectivity index (χ1n) is 5.28. The summed E-state index contributed by atoms with van der Waals surface area (Å²) in [5.74, 6) is 0.0779. The maximum absolute atomic E-state index is 11.6. The molecule has 1 aliphatic rings. The Bertz CT molecular complexity index is 448. The van der Waals surface area contributed by atoms with E-state index in [-0.39, 0.29) is 18.5 Å². The van der Waals surface area contributed by atoms with E-state index in [9.17, 15) is 9.59 Å². The quantitative estimate of drug-likeness (QED) is 0.736. The SMILES string of the molecule is COc1cnc(C(=O)NCC2CNC(=O)O2)nc1. The van der Waals surface area contributed by atoms with Crippen molar-refractivity contribution >= 4 is 12.0 Å². The predicted molar refractivity (Wildman–Crippen MR) is 59.2 cm³/mol. The van der Waals surface area contributed by atoms with Crippen molar-refractivity contribution in [1.29, 1.82) is 0 Å². The zero-order chi connectivity index (χ0) is 13.0. The second-order valence-electron chi connectivity index (χ2n) is 3.56. The molecule has 2 amide bonds. The summed E-state index contributed by atoms with van der Waals surface area (Å²) in [6.07, 6.45) is 1.97. The number of hydrogen-bond donors (Lipinski definition) is 2. The van der Waals surface area contributed by atoms with Gasteiger partial charge in [0.25, 0.3) is 5.91 Å². The lowest BCUT2D eigenvalue weighted by Crippen LogP contribution is -2.34. The van der Waals surface area contributed by atoms with E-state index in [0.717, 1.165) is 0 Å². The Labute approximate surface area is 103 Å². The molecule has 0 aliphatic carbocycles. The van der Waals surface area contributed by atoms with Crippen LogP contribution < -0.4 is 15.4 Å². The Balaban J connectivity index is 1.85. The predicted octanol–water partition coefficient (Wildman–Crippen LogP) is -0.677. The van der Waals surface area contributed by atoms with Crippen LogP contribution in [-0.2, 0) is 4.74 Å². The minimum Gasteiger partial charge on any atom is -0.494 e. The number of carbonyl (C=O) groups is 2. The number of amides is 2. The van der Waals surface area contributed by atoms with Gasteiger partial charge in [0, 0.05) is 0 Å². The number of methoxy groups -OCH3 is 1. The molecule has 2 N–H and O–H groups in total. The highest BCUT2D eigenvalue weighted by molar-refractivity contribution is 5.90. The van der Waals surface area contributed by atoms with Gasteiger partial charge in [0.2, 0.25) is 5.82 Å². The molecule has 1 fully saturated rings. The van der Waals surface area contributed by atoms with E-state index >= 15 is 0 Å². The van der Waals surface area contributed by atoms with Gasteiger partial charge in [0.1, 0.15) is 6.10 Å². The van der Waals surface area contributed by atoms with Crippen molar-refractivity contribution in [3.8, 4) is 5.75 Å². The molecule has 0 saturated carbocycles. The number of rotatable bonds is 4. The molecular weight excluding hydrogens is 240 g/mol. The Hall–Kier alpha value is -2.38. The van der Waals surface area contributed by atoms with E-state index in [1.165, 1.54) is 19.5 Å². The first-order valence-corrected chi connectivity index (χ1v) is 5.28. The number of nitrogens with zero attached hydrogens (tertiary/aromatic N) is 2. The molecule has 0 bridgehead atoms. The van der Waals surface area contributed by atoms with Gasteiger partial charge in [0.05, 0.1) is 32.6 Å². The average molecular weight is 252 g/mol. The molecule has 18 heavy (non-hydrogen) atoms. The molecule has 96 valence electrons. The number of carbonyl (C=O) groups excluding carboxylic acids is 2. The Morgan fingerprint density at radius 3 is 2.89 bits per heavy atom. The van der Waals surface area contributed by atoms with E-state index in [1.54, 1.807) is 0 Å². The third-order valence-corrected chi connectivity index (χ3v) is 2.31. The monoisotopic (exact) mass is 252 g/mol. The molecule has 8 heteroatoms. The highest BCUT2D eigenvalue weighted by atomic mass is 16.6. The topological polar surface area (TPSA) is 102 Å². The van der Waals surface area contributed by atoms with Crippen LogP contribution >= 0.6 is 0 Å². The molecule has 0 radical (unpaired) electrons. The van der Waals surface area contributed by atoms with Gasteiger partial charge in [-0.3, -0.25) is 4.79 Å². The highest BCUT2D eigenvalue weighted by Gasteiger charge is 2.23. The lowest BCUT2D eigenvalue weighted by Gasteiger charge is -2.08. The van der Waals surface area contributed by atoms with Crippen molar-refractivity contribution in [3.05, 3.63) is 18.2 Å². The summed E-state index contributed by atoms with van der Waals surface area (Å²) >= 11 is 0.